The number of fused-ring (bicyclic) bond motifs is 1. The van der Waals surface area contributed by atoms with Crippen LogP contribution in [0.2, 0.25) is 0 Å². The largest absolute Gasteiger partial charge is 0.347 e. The van der Waals surface area contributed by atoms with E-state index in [2.05, 4.69) is 48.9 Å². The van der Waals surface area contributed by atoms with Crippen molar-refractivity contribution in [3.05, 3.63) is 36.0 Å². The van der Waals surface area contributed by atoms with Gasteiger partial charge in [0.05, 0.1) is 0 Å². The highest BCUT2D eigenvalue weighted by molar-refractivity contribution is 5.80. The normalized spacial score (nSPS) is 11.5. The minimum absolute atomic E-state index is 0.614. The summed E-state index contributed by atoms with van der Waals surface area (Å²) in [6.45, 7) is 6.15. The van der Waals surface area contributed by atoms with Gasteiger partial charge in [-0.15, -0.1) is 0 Å². The molecule has 2 nitrogen and oxygen atoms in total. The van der Waals surface area contributed by atoms with Crippen molar-refractivity contribution in [1.82, 2.24) is 4.57 Å². The van der Waals surface area contributed by atoms with Crippen molar-refractivity contribution in [1.29, 1.82) is 0 Å². The second kappa shape index (κ2) is 4.07. The Balaban J connectivity index is 2.46. The second-order valence-corrected chi connectivity index (χ2v) is 4.46. The molecule has 0 spiro atoms. The van der Waals surface area contributed by atoms with Gasteiger partial charge in [-0.3, -0.25) is 0 Å². The van der Waals surface area contributed by atoms with Gasteiger partial charge in [0, 0.05) is 24.8 Å². The molecule has 0 bridgehead atoms. The molecule has 0 atom stereocenters. The Kier molecular flexibility index (Phi) is 2.78. The zero-order chi connectivity index (χ0) is 10.8. The fourth-order valence-electron chi connectivity index (χ4n) is 1.91. The Morgan fingerprint density at radius 2 is 2.07 bits per heavy atom. The number of nitrogens with two attached hydrogens (primary N) is 1. The molecule has 0 fully saturated rings. The van der Waals surface area contributed by atoms with Crippen molar-refractivity contribution in [3.63, 3.8) is 0 Å². The lowest BCUT2D eigenvalue weighted by Gasteiger charge is -2.08. The van der Waals surface area contributed by atoms with E-state index < -0.39 is 0 Å². The third kappa shape index (κ3) is 2.05. The molecule has 0 saturated carbocycles. The van der Waals surface area contributed by atoms with E-state index in [1.54, 1.807) is 0 Å². The van der Waals surface area contributed by atoms with Crippen LogP contribution in [0.15, 0.2) is 30.5 Å². The van der Waals surface area contributed by atoms with Crippen molar-refractivity contribution in [3.8, 4) is 0 Å². The molecule has 2 heteroatoms. The van der Waals surface area contributed by atoms with E-state index in [1.165, 1.54) is 16.5 Å². The van der Waals surface area contributed by atoms with Crippen LogP contribution in [0.4, 0.5) is 0 Å². The Bertz CT molecular complexity index is 455. The Labute approximate surface area is 90.7 Å². The van der Waals surface area contributed by atoms with Gasteiger partial charge < -0.3 is 10.3 Å². The van der Waals surface area contributed by atoms with Crippen molar-refractivity contribution < 1.29 is 0 Å². The number of aromatic nitrogens is 1. The fourth-order valence-corrected chi connectivity index (χ4v) is 1.91. The molecule has 2 rings (SSSR count). The van der Waals surface area contributed by atoms with Crippen molar-refractivity contribution >= 4 is 10.9 Å². The first kappa shape index (κ1) is 10.2. The first-order chi connectivity index (χ1) is 7.20. The smallest absolute Gasteiger partial charge is 0.0483 e. The SMILES string of the molecule is CC(C)Cn1ccc2ccc(CN)cc21. The summed E-state index contributed by atoms with van der Waals surface area (Å²) in [6.07, 6.45) is 2.16. The van der Waals surface area contributed by atoms with Crippen LogP contribution < -0.4 is 5.73 Å². The van der Waals surface area contributed by atoms with Gasteiger partial charge in [0.1, 0.15) is 0 Å². The van der Waals surface area contributed by atoms with Gasteiger partial charge in [-0.2, -0.15) is 0 Å². The Morgan fingerprint density at radius 3 is 2.73 bits per heavy atom. The molecule has 1 aromatic carbocycles. The van der Waals surface area contributed by atoms with Crippen LogP contribution >= 0.6 is 0 Å². The molecular formula is C13H18N2. The molecule has 0 radical (unpaired) electrons. The van der Waals surface area contributed by atoms with Gasteiger partial charge in [-0.25, -0.2) is 0 Å². The van der Waals surface area contributed by atoms with E-state index in [4.69, 9.17) is 5.73 Å². The molecule has 0 unspecified atom stereocenters. The number of hydrogen-bond acceptors (Lipinski definition) is 1. The molecule has 1 heterocycles. The second-order valence-electron chi connectivity index (χ2n) is 4.46. The van der Waals surface area contributed by atoms with Gasteiger partial charge in [0.2, 0.25) is 0 Å². The predicted octanol–water partition coefficient (Wildman–Crippen LogP) is 2.76. The van der Waals surface area contributed by atoms with Gasteiger partial charge >= 0.3 is 0 Å². The lowest BCUT2D eigenvalue weighted by molar-refractivity contribution is 0.535. The summed E-state index contributed by atoms with van der Waals surface area (Å²) in [5.74, 6) is 0.669. The van der Waals surface area contributed by atoms with Crippen LogP contribution in [0, 0.1) is 5.92 Å². The van der Waals surface area contributed by atoms with E-state index in [-0.39, 0.29) is 0 Å². The minimum atomic E-state index is 0.614. The Hall–Kier alpha value is -1.28. The third-order valence-corrected chi connectivity index (χ3v) is 2.64. The third-order valence-electron chi connectivity index (χ3n) is 2.64. The maximum Gasteiger partial charge on any atom is 0.0483 e. The lowest BCUT2D eigenvalue weighted by atomic mass is 10.1. The van der Waals surface area contributed by atoms with Crippen LogP contribution in [0.1, 0.15) is 19.4 Å². The molecule has 0 aliphatic carbocycles. The summed E-state index contributed by atoms with van der Waals surface area (Å²) in [4.78, 5) is 0. The van der Waals surface area contributed by atoms with E-state index in [1.807, 2.05) is 0 Å². The predicted molar refractivity (Wildman–Crippen MR) is 64.7 cm³/mol. The Morgan fingerprint density at radius 1 is 1.27 bits per heavy atom. The van der Waals surface area contributed by atoms with Gasteiger partial charge in [0.25, 0.3) is 0 Å². The molecular weight excluding hydrogens is 184 g/mol. The first-order valence-corrected chi connectivity index (χ1v) is 5.48. The fraction of sp³-hybridized carbons (Fsp3) is 0.385. The van der Waals surface area contributed by atoms with Crippen molar-refractivity contribution in [2.45, 2.75) is 26.9 Å². The van der Waals surface area contributed by atoms with Crippen LogP contribution in [0.25, 0.3) is 10.9 Å². The van der Waals surface area contributed by atoms with E-state index in [0.717, 1.165) is 6.54 Å². The highest BCUT2D eigenvalue weighted by Gasteiger charge is 2.03. The summed E-state index contributed by atoms with van der Waals surface area (Å²) < 4.78 is 2.30. The van der Waals surface area contributed by atoms with E-state index in [9.17, 15) is 0 Å². The van der Waals surface area contributed by atoms with Gasteiger partial charge in [-0.05, 0) is 29.0 Å². The van der Waals surface area contributed by atoms with Crippen molar-refractivity contribution in [2.24, 2.45) is 11.7 Å². The molecule has 0 saturated heterocycles. The summed E-state index contributed by atoms with van der Waals surface area (Å²) in [7, 11) is 0. The summed E-state index contributed by atoms with van der Waals surface area (Å²) in [6, 6.07) is 8.60. The first-order valence-electron chi connectivity index (χ1n) is 5.48. The molecule has 15 heavy (non-hydrogen) atoms. The van der Waals surface area contributed by atoms with Crippen LogP contribution in [0.5, 0.6) is 0 Å². The quantitative estimate of drug-likeness (QED) is 0.815. The lowest BCUT2D eigenvalue weighted by Crippen LogP contribution is -2.03. The van der Waals surface area contributed by atoms with Gasteiger partial charge in [-0.1, -0.05) is 26.0 Å². The zero-order valence-electron chi connectivity index (χ0n) is 9.40. The molecule has 2 aromatic rings. The molecule has 0 aliphatic rings. The van der Waals surface area contributed by atoms with Crippen molar-refractivity contribution in [2.75, 3.05) is 0 Å². The zero-order valence-corrected chi connectivity index (χ0v) is 9.40. The number of hydrogen-bond donors (Lipinski definition) is 1. The van der Waals surface area contributed by atoms with E-state index in [0.29, 0.717) is 12.5 Å². The summed E-state index contributed by atoms with van der Waals surface area (Å²) >= 11 is 0. The number of nitrogens with zero attached hydrogens (tertiary/aromatic N) is 1. The standard InChI is InChI=1S/C13H18N2/c1-10(2)9-15-6-5-12-4-3-11(8-14)7-13(12)15/h3-7,10H,8-9,14H2,1-2H3. The monoisotopic (exact) mass is 202 g/mol. The molecule has 80 valence electrons. The summed E-state index contributed by atoms with van der Waals surface area (Å²) in [5.41, 5.74) is 8.15. The molecule has 0 aliphatic heterocycles. The van der Waals surface area contributed by atoms with Crippen LogP contribution in [-0.4, -0.2) is 4.57 Å². The molecule has 0 amide bonds. The topological polar surface area (TPSA) is 30.9 Å². The number of rotatable bonds is 3. The van der Waals surface area contributed by atoms with Crippen LogP contribution in [0.3, 0.4) is 0 Å². The molecule has 2 N–H and O–H groups in total. The average molecular weight is 202 g/mol. The highest BCUT2D eigenvalue weighted by Crippen LogP contribution is 2.18. The highest BCUT2D eigenvalue weighted by atomic mass is 15.0. The van der Waals surface area contributed by atoms with Crippen LogP contribution in [-0.2, 0) is 13.1 Å². The molecule has 1 aromatic heterocycles. The average Bonchev–Trinajstić information content (AvgIpc) is 2.60. The minimum Gasteiger partial charge on any atom is -0.347 e. The summed E-state index contributed by atoms with van der Waals surface area (Å²) in [5, 5.41) is 1.30. The maximum atomic E-state index is 5.65. The van der Waals surface area contributed by atoms with E-state index >= 15 is 0 Å². The van der Waals surface area contributed by atoms with Gasteiger partial charge in [0.15, 0.2) is 0 Å². The number of benzene rings is 1. The maximum absolute atomic E-state index is 5.65.